The maximum absolute atomic E-state index is 13.1. The van der Waals surface area contributed by atoms with Gasteiger partial charge in [-0.2, -0.15) is 0 Å². The lowest BCUT2D eigenvalue weighted by Gasteiger charge is -2.18. The van der Waals surface area contributed by atoms with E-state index in [2.05, 4.69) is 15.6 Å². The summed E-state index contributed by atoms with van der Waals surface area (Å²) in [7, 11) is 0. The number of halogens is 1. The monoisotopic (exact) mass is 301 g/mol. The van der Waals surface area contributed by atoms with Gasteiger partial charge in [0.2, 0.25) is 0 Å². The van der Waals surface area contributed by atoms with Crippen molar-refractivity contribution in [2.24, 2.45) is 0 Å². The standard InChI is InChI=1S/C17H20FN3O/c1-2-10-20-17(22)21-12-15(16-5-3-4-11-19-16)13-6-8-14(18)9-7-13/h3-9,11,15H,2,10,12H2,1H3,(H2,20,21,22). The zero-order chi connectivity index (χ0) is 15.8. The van der Waals surface area contributed by atoms with Crippen LogP contribution in [0, 0.1) is 5.82 Å². The molecule has 5 heteroatoms. The summed E-state index contributed by atoms with van der Waals surface area (Å²) in [5.74, 6) is -0.397. The third-order valence-corrected chi connectivity index (χ3v) is 3.32. The number of rotatable bonds is 6. The van der Waals surface area contributed by atoms with E-state index >= 15 is 0 Å². The number of hydrogen-bond acceptors (Lipinski definition) is 2. The minimum Gasteiger partial charge on any atom is -0.338 e. The molecule has 1 aromatic carbocycles. The number of carbonyl (C=O) groups is 1. The summed E-state index contributed by atoms with van der Waals surface area (Å²) < 4.78 is 13.1. The highest BCUT2D eigenvalue weighted by molar-refractivity contribution is 5.73. The number of nitrogens with zero attached hydrogens (tertiary/aromatic N) is 1. The second-order valence-corrected chi connectivity index (χ2v) is 5.00. The number of pyridine rings is 1. The third-order valence-electron chi connectivity index (χ3n) is 3.32. The normalized spacial score (nSPS) is 11.7. The molecule has 0 spiro atoms. The Balaban J connectivity index is 2.12. The summed E-state index contributed by atoms with van der Waals surface area (Å²) in [6.07, 6.45) is 2.60. The summed E-state index contributed by atoms with van der Waals surface area (Å²) in [6, 6.07) is 11.7. The first-order valence-electron chi connectivity index (χ1n) is 7.38. The van der Waals surface area contributed by atoms with Crippen molar-refractivity contribution >= 4 is 6.03 Å². The van der Waals surface area contributed by atoms with E-state index in [1.54, 1.807) is 18.3 Å². The molecule has 1 heterocycles. The maximum atomic E-state index is 13.1. The summed E-state index contributed by atoms with van der Waals surface area (Å²) in [5, 5.41) is 5.61. The van der Waals surface area contributed by atoms with Crippen molar-refractivity contribution in [2.75, 3.05) is 13.1 Å². The molecule has 22 heavy (non-hydrogen) atoms. The Morgan fingerprint density at radius 1 is 1.18 bits per heavy atom. The molecule has 0 aliphatic carbocycles. The molecular formula is C17H20FN3O. The van der Waals surface area contributed by atoms with Crippen LogP contribution < -0.4 is 10.6 Å². The molecule has 0 aliphatic rings. The van der Waals surface area contributed by atoms with Gasteiger partial charge >= 0.3 is 6.03 Å². The van der Waals surface area contributed by atoms with Crippen LogP contribution in [0.4, 0.5) is 9.18 Å². The van der Waals surface area contributed by atoms with Crippen LogP contribution >= 0.6 is 0 Å². The molecule has 116 valence electrons. The molecule has 1 atom stereocenters. The van der Waals surface area contributed by atoms with Gasteiger partial charge in [-0.1, -0.05) is 25.1 Å². The van der Waals surface area contributed by atoms with Gasteiger partial charge in [0.1, 0.15) is 5.82 Å². The van der Waals surface area contributed by atoms with Crippen LogP contribution in [0.3, 0.4) is 0 Å². The van der Waals surface area contributed by atoms with Crippen LogP contribution in [-0.2, 0) is 0 Å². The lowest BCUT2D eigenvalue weighted by molar-refractivity contribution is 0.240. The van der Waals surface area contributed by atoms with E-state index in [0.29, 0.717) is 13.1 Å². The Bertz CT molecular complexity index is 587. The predicted molar refractivity (Wildman–Crippen MR) is 84.2 cm³/mol. The SMILES string of the molecule is CCCNC(=O)NCC(c1ccc(F)cc1)c1ccccn1. The molecule has 4 nitrogen and oxygen atoms in total. The summed E-state index contributed by atoms with van der Waals surface area (Å²) in [6.45, 7) is 3.03. The smallest absolute Gasteiger partial charge is 0.314 e. The molecule has 0 aliphatic heterocycles. The highest BCUT2D eigenvalue weighted by Gasteiger charge is 2.16. The first-order valence-corrected chi connectivity index (χ1v) is 7.38. The number of hydrogen-bond donors (Lipinski definition) is 2. The second kappa shape index (κ2) is 8.12. The van der Waals surface area contributed by atoms with E-state index in [0.717, 1.165) is 17.7 Å². The Morgan fingerprint density at radius 2 is 1.95 bits per heavy atom. The lowest BCUT2D eigenvalue weighted by Crippen LogP contribution is -2.38. The van der Waals surface area contributed by atoms with Crippen molar-refractivity contribution in [2.45, 2.75) is 19.3 Å². The van der Waals surface area contributed by atoms with Crippen LogP contribution in [0.5, 0.6) is 0 Å². The number of amides is 2. The molecule has 0 saturated heterocycles. The molecule has 1 aromatic heterocycles. The molecule has 2 amide bonds. The van der Waals surface area contributed by atoms with Gasteiger partial charge in [0.25, 0.3) is 0 Å². The molecule has 0 bridgehead atoms. The highest BCUT2D eigenvalue weighted by Crippen LogP contribution is 2.22. The van der Waals surface area contributed by atoms with Gasteiger partial charge in [0.05, 0.1) is 0 Å². The van der Waals surface area contributed by atoms with Crippen molar-refractivity contribution in [3.8, 4) is 0 Å². The topological polar surface area (TPSA) is 54.0 Å². The van der Waals surface area contributed by atoms with Crippen LogP contribution in [0.1, 0.15) is 30.5 Å². The van der Waals surface area contributed by atoms with Crippen LogP contribution in [-0.4, -0.2) is 24.1 Å². The first-order chi connectivity index (χ1) is 10.7. The van der Waals surface area contributed by atoms with Gasteiger partial charge in [-0.3, -0.25) is 4.98 Å². The van der Waals surface area contributed by atoms with Gasteiger partial charge < -0.3 is 10.6 Å². The summed E-state index contributed by atoms with van der Waals surface area (Å²) in [5.41, 5.74) is 1.75. The fraction of sp³-hybridized carbons (Fsp3) is 0.294. The summed E-state index contributed by atoms with van der Waals surface area (Å²) in [4.78, 5) is 16.1. The molecule has 1 unspecified atom stereocenters. The van der Waals surface area contributed by atoms with Crippen molar-refractivity contribution in [1.29, 1.82) is 0 Å². The van der Waals surface area contributed by atoms with E-state index in [9.17, 15) is 9.18 Å². The third kappa shape index (κ3) is 4.55. The van der Waals surface area contributed by atoms with E-state index in [1.165, 1.54) is 12.1 Å². The Morgan fingerprint density at radius 3 is 2.59 bits per heavy atom. The van der Waals surface area contributed by atoms with Gasteiger partial charge in [0, 0.05) is 30.9 Å². The molecule has 2 aromatic rings. The molecular weight excluding hydrogens is 281 g/mol. The zero-order valence-corrected chi connectivity index (χ0v) is 12.6. The number of aromatic nitrogens is 1. The molecule has 2 N–H and O–H groups in total. The zero-order valence-electron chi connectivity index (χ0n) is 12.6. The molecule has 2 rings (SSSR count). The van der Waals surface area contributed by atoms with E-state index in [-0.39, 0.29) is 17.8 Å². The largest absolute Gasteiger partial charge is 0.338 e. The number of urea groups is 1. The minimum absolute atomic E-state index is 0.117. The fourth-order valence-corrected chi connectivity index (χ4v) is 2.17. The Labute approximate surface area is 129 Å². The molecule has 0 fully saturated rings. The average Bonchev–Trinajstić information content (AvgIpc) is 2.55. The summed E-state index contributed by atoms with van der Waals surface area (Å²) >= 11 is 0. The first kappa shape index (κ1) is 15.9. The van der Waals surface area contributed by atoms with Crippen LogP contribution in [0.15, 0.2) is 48.7 Å². The Hall–Kier alpha value is -2.43. The van der Waals surface area contributed by atoms with E-state index < -0.39 is 0 Å². The highest BCUT2D eigenvalue weighted by atomic mass is 19.1. The fourth-order valence-electron chi connectivity index (χ4n) is 2.17. The van der Waals surface area contributed by atoms with Gasteiger partial charge in [0.15, 0.2) is 0 Å². The van der Waals surface area contributed by atoms with Crippen molar-refractivity contribution in [3.05, 3.63) is 65.7 Å². The van der Waals surface area contributed by atoms with Crippen molar-refractivity contribution in [3.63, 3.8) is 0 Å². The maximum Gasteiger partial charge on any atom is 0.314 e. The second-order valence-electron chi connectivity index (χ2n) is 5.00. The number of carbonyl (C=O) groups excluding carboxylic acids is 1. The quantitative estimate of drug-likeness (QED) is 0.861. The van der Waals surface area contributed by atoms with Gasteiger partial charge in [-0.25, -0.2) is 9.18 Å². The van der Waals surface area contributed by atoms with Crippen LogP contribution in [0.25, 0.3) is 0 Å². The van der Waals surface area contributed by atoms with Gasteiger partial charge in [-0.05, 0) is 36.2 Å². The molecule has 0 saturated carbocycles. The van der Waals surface area contributed by atoms with E-state index in [1.807, 2.05) is 25.1 Å². The number of benzene rings is 1. The predicted octanol–water partition coefficient (Wildman–Crippen LogP) is 3.06. The van der Waals surface area contributed by atoms with Gasteiger partial charge in [-0.15, -0.1) is 0 Å². The lowest BCUT2D eigenvalue weighted by atomic mass is 9.95. The minimum atomic E-state index is -0.280. The molecule has 0 radical (unpaired) electrons. The Kier molecular flexibility index (Phi) is 5.89. The van der Waals surface area contributed by atoms with E-state index in [4.69, 9.17) is 0 Å². The number of nitrogens with one attached hydrogen (secondary N) is 2. The average molecular weight is 301 g/mol. The van der Waals surface area contributed by atoms with Crippen LogP contribution in [0.2, 0.25) is 0 Å². The van der Waals surface area contributed by atoms with Crippen molar-refractivity contribution < 1.29 is 9.18 Å². The van der Waals surface area contributed by atoms with Crippen molar-refractivity contribution in [1.82, 2.24) is 15.6 Å².